The molecule has 1 saturated heterocycles. The molecule has 2 amide bonds. The maximum Gasteiger partial charge on any atom is 0.305 e. The molecule has 1 aliphatic carbocycles. The molecular formula is C11H12ClNO4. The highest BCUT2D eigenvalue weighted by Crippen LogP contribution is 2.38. The second kappa shape index (κ2) is 4.49. The maximum absolute atomic E-state index is 11.9. The van der Waals surface area contributed by atoms with Crippen LogP contribution in [0.3, 0.4) is 0 Å². The third-order valence-electron chi connectivity index (χ3n) is 3.21. The van der Waals surface area contributed by atoms with Crippen molar-refractivity contribution in [3.63, 3.8) is 0 Å². The summed E-state index contributed by atoms with van der Waals surface area (Å²) in [7, 11) is 0. The first-order valence-electron chi connectivity index (χ1n) is 5.42. The van der Waals surface area contributed by atoms with Crippen LogP contribution in [0, 0.1) is 11.8 Å². The van der Waals surface area contributed by atoms with E-state index in [-0.39, 0.29) is 30.7 Å². The van der Waals surface area contributed by atoms with E-state index >= 15 is 0 Å². The lowest BCUT2D eigenvalue weighted by Crippen LogP contribution is -2.33. The van der Waals surface area contributed by atoms with Crippen molar-refractivity contribution in [2.24, 2.45) is 11.8 Å². The third kappa shape index (κ3) is 2.20. The summed E-state index contributed by atoms with van der Waals surface area (Å²) >= 11 is 5.86. The minimum atomic E-state index is -1.02. The molecule has 2 atom stereocenters. The van der Waals surface area contributed by atoms with Gasteiger partial charge in [0, 0.05) is 11.6 Å². The van der Waals surface area contributed by atoms with Gasteiger partial charge in [0.15, 0.2) is 0 Å². The van der Waals surface area contributed by atoms with Crippen LogP contribution in [0.1, 0.15) is 19.3 Å². The van der Waals surface area contributed by atoms with Gasteiger partial charge >= 0.3 is 5.97 Å². The number of carboxylic acids is 1. The molecule has 0 bridgehead atoms. The molecule has 6 heteroatoms. The summed E-state index contributed by atoms with van der Waals surface area (Å²) in [6.45, 7) is -0.0440. The Balaban J connectivity index is 2.11. The SMILES string of the molecule is O=C(O)CCN1C(=O)[C@@H]2CC=C(Cl)C[C@H]2C1=O. The van der Waals surface area contributed by atoms with Crippen LogP contribution >= 0.6 is 11.6 Å². The van der Waals surface area contributed by atoms with E-state index in [1.54, 1.807) is 6.08 Å². The summed E-state index contributed by atoms with van der Waals surface area (Å²) in [4.78, 5) is 35.4. The topological polar surface area (TPSA) is 74.7 Å². The van der Waals surface area contributed by atoms with Crippen LogP contribution in [0.2, 0.25) is 0 Å². The van der Waals surface area contributed by atoms with Gasteiger partial charge in [0.1, 0.15) is 0 Å². The summed E-state index contributed by atoms with van der Waals surface area (Å²) < 4.78 is 0. The average Bonchev–Trinajstić information content (AvgIpc) is 2.49. The number of amides is 2. The number of aliphatic carboxylic acids is 1. The zero-order valence-corrected chi connectivity index (χ0v) is 9.81. The highest BCUT2D eigenvalue weighted by atomic mass is 35.5. The number of halogens is 1. The second-order valence-electron chi connectivity index (χ2n) is 4.28. The highest BCUT2D eigenvalue weighted by Gasteiger charge is 2.48. The lowest BCUT2D eigenvalue weighted by atomic mass is 9.85. The molecule has 0 radical (unpaired) electrons. The predicted molar refractivity (Wildman–Crippen MR) is 59.1 cm³/mol. The van der Waals surface area contributed by atoms with Crippen LogP contribution in [-0.2, 0) is 14.4 Å². The number of nitrogens with zero attached hydrogens (tertiary/aromatic N) is 1. The fraction of sp³-hybridized carbons (Fsp3) is 0.545. The highest BCUT2D eigenvalue weighted by molar-refractivity contribution is 6.30. The molecular weight excluding hydrogens is 246 g/mol. The van der Waals surface area contributed by atoms with Gasteiger partial charge in [-0.3, -0.25) is 19.3 Å². The number of imide groups is 1. The van der Waals surface area contributed by atoms with Gasteiger partial charge in [-0.05, 0) is 12.8 Å². The lowest BCUT2D eigenvalue weighted by Gasteiger charge is -2.17. The van der Waals surface area contributed by atoms with Gasteiger partial charge in [-0.25, -0.2) is 0 Å². The van der Waals surface area contributed by atoms with Crippen LogP contribution in [0.5, 0.6) is 0 Å². The van der Waals surface area contributed by atoms with Crippen LogP contribution < -0.4 is 0 Å². The minimum absolute atomic E-state index is 0.0440. The normalized spacial score (nSPS) is 28.1. The number of hydrogen-bond acceptors (Lipinski definition) is 3. The lowest BCUT2D eigenvalue weighted by molar-refractivity contribution is -0.142. The zero-order chi connectivity index (χ0) is 12.6. The Morgan fingerprint density at radius 1 is 1.41 bits per heavy atom. The summed E-state index contributed by atoms with van der Waals surface area (Å²) in [5.74, 6) is -2.31. The number of carboxylic acid groups (broad SMARTS) is 1. The van der Waals surface area contributed by atoms with Crippen molar-refractivity contribution in [1.82, 2.24) is 4.90 Å². The van der Waals surface area contributed by atoms with Crippen LogP contribution in [0.25, 0.3) is 0 Å². The monoisotopic (exact) mass is 257 g/mol. The number of allylic oxidation sites excluding steroid dienone is 2. The van der Waals surface area contributed by atoms with Gasteiger partial charge in [-0.2, -0.15) is 0 Å². The molecule has 1 aliphatic heterocycles. The Kier molecular flexibility index (Phi) is 3.19. The molecule has 0 saturated carbocycles. The molecule has 1 N–H and O–H groups in total. The van der Waals surface area contributed by atoms with E-state index in [1.165, 1.54) is 0 Å². The second-order valence-corrected chi connectivity index (χ2v) is 4.76. The first-order chi connectivity index (χ1) is 8.00. The van der Waals surface area contributed by atoms with Crippen molar-refractivity contribution in [2.45, 2.75) is 19.3 Å². The molecule has 92 valence electrons. The smallest absolute Gasteiger partial charge is 0.305 e. The molecule has 0 spiro atoms. The van der Waals surface area contributed by atoms with Crippen molar-refractivity contribution >= 4 is 29.4 Å². The van der Waals surface area contributed by atoms with Crippen LogP contribution in [-0.4, -0.2) is 34.3 Å². The average molecular weight is 258 g/mol. The third-order valence-corrected chi connectivity index (χ3v) is 3.52. The standard InChI is InChI=1S/C11H12ClNO4/c12-6-1-2-7-8(5-6)11(17)13(10(7)16)4-3-9(14)15/h1,7-8H,2-5H2,(H,14,15)/t7-,8-/m1/s1. The summed E-state index contributed by atoms with van der Waals surface area (Å²) in [5.41, 5.74) is 0. The zero-order valence-electron chi connectivity index (χ0n) is 9.06. The van der Waals surface area contributed by atoms with Gasteiger partial charge in [0.2, 0.25) is 11.8 Å². The van der Waals surface area contributed by atoms with Crippen LogP contribution in [0.4, 0.5) is 0 Å². The largest absolute Gasteiger partial charge is 0.481 e. The predicted octanol–water partition coefficient (Wildman–Crippen LogP) is 0.979. The number of rotatable bonds is 3. The Morgan fingerprint density at radius 3 is 2.71 bits per heavy atom. The summed E-state index contributed by atoms with van der Waals surface area (Å²) in [6, 6.07) is 0. The van der Waals surface area contributed by atoms with E-state index in [0.29, 0.717) is 17.9 Å². The summed E-state index contributed by atoms with van der Waals surface area (Å²) in [6.07, 6.45) is 2.41. The Hall–Kier alpha value is -1.36. The van der Waals surface area contributed by atoms with Crippen molar-refractivity contribution in [1.29, 1.82) is 0 Å². The Bertz CT molecular complexity index is 418. The number of fused-ring (bicyclic) bond motifs is 1. The van der Waals surface area contributed by atoms with E-state index < -0.39 is 11.9 Å². The van der Waals surface area contributed by atoms with Crippen molar-refractivity contribution < 1.29 is 19.5 Å². The molecule has 0 aromatic carbocycles. The molecule has 2 aliphatic rings. The van der Waals surface area contributed by atoms with Crippen molar-refractivity contribution in [3.05, 3.63) is 11.1 Å². The first-order valence-corrected chi connectivity index (χ1v) is 5.80. The fourth-order valence-electron chi connectivity index (χ4n) is 2.32. The van der Waals surface area contributed by atoms with Gasteiger partial charge in [-0.1, -0.05) is 17.7 Å². The Morgan fingerprint density at radius 2 is 2.06 bits per heavy atom. The van der Waals surface area contributed by atoms with Crippen LogP contribution in [0.15, 0.2) is 11.1 Å². The van der Waals surface area contributed by atoms with E-state index in [4.69, 9.17) is 16.7 Å². The minimum Gasteiger partial charge on any atom is -0.481 e. The van der Waals surface area contributed by atoms with E-state index in [2.05, 4.69) is 0 Å². The van der Waals surface area contributed by atoms with Gasteiger partial charge in [-0.15, -0.1) is 0 Å². The van der Waals surface area contributed by atoms with Crippen molar-refractivity contribution in [2.75, 3.05) is 6.54 Å². The van der Waals surface area contributed by atoms with E-state index in [0.717, 1.165) is 4.90 Å². The van der Waals surface area contributed by atoms with Gasteiger partial charge in [0.25, 0.3) is 0 Å². The van der Waals surface area contributed by atoms with E-state index in [9.17, 15) is 14.4 Å². The number of hydrogen-bond donors (Lipinski definition) is 1. The molecule has 0 unspecified atom stereocenters. The molecule has 1 fully saturated rings. The fourth-order valence-corrected chi connectivity index (χ4v) is 2.58. The molecule has 0 aromatic heterocycles. The molecule has 5 nitrogen and oxygen atoms in total. The number of carbonyl (C=O) groups is 3. The van der Waals surface area contributed by atoms with Gasteiger partial charge in [0.05, 0.1) is 18.3 Å². The van der Waals surface area contributed by atoms with E-state index in [1.807, 2.05) is 0 Å². The molecule has 1 heterocycles. The number of likely N-dealkylation sites (tertiary alicyclic amines) is 1. The van der Waals surface area contributed by atoms with Gasteiger partial charge < -0.3 is 5.11 Å². The summed E-state index contributed by atoms with van der Waals surface area (Å²) in [5, 5.41) is 9.17. The number of carbonyl (C=O) groups excluding carboxylic acids is 2. The Labute approximate surface area is 103 Å². The molecule has 2 rings (SSSR count). The molecule has 0 aromatic rings. The van der Waals surface area contributed by atoms with Crippen molar-refractivity contribution in [3.8, 4) is 0 Å². The molecule has 17 heavy (non-hydrogen) atoms. The quantitative estimate of drug-likeness (QED) is 0.765. The first kappa shape index (κ1) is 12.1. The maximum atomic E-state index is 11.9.